The maximum atomic E-state index is 12.5. The molecule has 0 bridgehead atoms. The summed E-state index contributed by atoms with van der Waals surface area (Å²) in [5.74, 6) is -1.01. The van der Waals surface area contributed by atoms with Crippen LogP contribution >= 0.6 is 7.82 Å². The Labute approximate surface area is 319 Å². The molecule has 0 radical (unpaired) electrons. The number of ether oxygens (including phenoxy) is 2. The van der Waals surface area contributed by atoms with Crippen LogP contribution in [0.5, 0.6) is 0 Å². The van der Waals surface area contributed by atoms with Crippen molar-refractivity contribution in [3.05, 3.63) is 97.2 Å². The van der Waals surface area contributed by atoms with Crippen molar-refractivity contribution in [3.8, 4) is 0 Å². The molecule has 0 aliphatic heterocycles. The smallest absolute Gasteiger partial charge is 0.462 e. The van der Waals surface area contributed by atoms with E-state index in [1.54, 1.807) is 0 Å². The van der Waals surface area contributed by atoms with Crippen molar-refractivity contribution in [2.24, 2.45) is 0 Å². The molecule has 300 valence electrons. The molecule has 53 heavy (non-hydrogen) atoms. The highest BCUT2D eigenvalue weighted by atomic mass is 31.2. The van der Waals surface area contributed by atoms with Gasteiger partial charge in [-0.3, -0.25) is 18.6 Å². The van der Waals surface area contributed by atoms with Crippen molar-refractivity contribution in [2.45, 2.75) is 129 Å². The molecule has 0 rings (SSSR count). The molecule has 0 aromatic heterocycles. The minimum absolute atomic E-state index is 0.120. The molecule has 1 unspecified atom stereocenters. The summed E-state index contributed by atoms with van der Waals surface area (Å²) in [6.45, 7) is 2.01. The number of hydrogen-bond acceptors (Lipinski definition) is 9. The Balaban J connectivity index is 4.51. The zero-order valence-corrected chi connectivity index (χ0v) is 33.1. The summed E-state index contributed by atoms with van der Waals surface area (Å²) in [5, 5.41) is 18.3. The van der Waals surface area contributed by atoms with Crippen LogP contribution in [0.15, 0.2) is 97.2 Å². The van der Waals surface area contributed by atoms with E-state index in [2.05, 4.69) is 79.1 Å². The monoisotopic (exact) mass is 762 g/mol. The quantitative estimate of drug-likeness (QED) is 0.0190. The van der Waals surface area contributed by atoms with Crippen molar-refractivity contribution in [1.29, 1.82) is 0 Å². The summed E-state index contributed by atoms with van der Waals surface area (Å²) in [6.07, 6.45) is 43.8. The van der Waals surface area contributed by atoms with Gasteiger partial charge in [0.25, 0.3) is 0 Å². The number of carbonyl (C=O) groups is 2. The number of aliphatic hydroxyl groups excluding tert-OH is 2. The van der Waals surface area contributed by atoms with Gasteiger partial charge in [0.1, 0.15) is 12.7 Å². The Kier molecular flexibility index (Phi) is 35.0. The van der Waals surface area contributed by atoms with Crippen molar-refractivity contribution < 1.29 is 47.8 Å². The lowest BCUT2D eigenvalue weighted by Crippen LogP contribution is -2.29. The van der Waals surface area contributed by atoms with Gasteiger partial charge in [-0.05, 0) is 70.6 Å². The molecule has 0 amide bonds. The van der Waals surface area contributed by atoms with E-state index in [-0.39, 0.29) is 19.4 Å². The van der Waals surface area contributed by atoms with E-state index in [0.29, 0.717) is 12.8 Å². The first-order chi connectivity index (χ1) is 25.7. The molecule has 11 heteroatoms. The molecule has 3 N–H and O–H groups in total. The topological polar surface area (TPSA) is 149 Å². The maximum Gasteiger partial charge on any atom is 0.472 e. The summed E-state index contributed by atoms with van der Waals surface area (Å²) in [7, 11) is -4.64. The largest absolute Gasteiger partial charge is 0.472 e. The van der Waals surface area contributed by atoms with Crippen LogP contribution in [0.1, 0.15) is 117 Å². The second-order valence-corrected chi connectivity index (χ2v) is 13.7. The zero-order chi connectivity index (χ0) is 39.1. The van der Waals surface area contributed by atoms with Gasteiger partial charge >= 0.3 is 19.8 Å². The summed E-state index contributed by atoms with van der Waals surface area (Å²) in [5.41, 5.74) is 0. The fourth-order valence-corrected chi connectivity index (χ4v) is 5.19. The van der Waals surface area contributed by atoms with E-state index in [4.69, 9.17) is 19.1 Å². The van der Waals surface area contributed by atoms with E-state index in [1.165, 1.54) is 0 Å². The number of carbonyl (C=O) groups excluding carboxylic acids is 2. The third-order valence-corrected chi connectivity index (χ3v) is 8.28. The Hall–Kier alpha value is -3.11. The van der Waals surface area contributed by atoms with Gasteiger partial charge in [0.05, 0.1) is 19.8 Å². The SMILES string of the molecule is CC/C=C/C=C/C=C/C=C/CCCCCCCC(=O)OC[C@H](COP(=O)(O)OC[C@@H](O)CO)OC(=O)CCCC/C=C/C/C=C/C/C=C/C/C=C/CC. The molecule has 0 fully saturated rings. The Morgan fingerprint density at radius 2 is 1.08 bits per heavy atom. The zero-order valence-electron chi connectivity index (χ0n) is 32.2. The van der Waals surface area contributed by atoms with Crippen LogP contribution in [0.25, 0.3) is 0 Å². The average Bonchev–Trinajstić information content (AvgIpc) is 3.14. The van der Waals surface area contributed by atoms with Gasteiger partial charge in [-0.15, -0.1) is 0 Å². The summed E-state index contributed by atoms with van der Waals surface area (Å²) in [4.78, 5) is 34.8. The molecule has 0 spiro atoms. The van der Waals surface area contributed by atoms with Crippen LogP contribution in [0.3, 0.4) is 0 Å². The summed E-state index contributed by atoms with van der Waals surface area (Å²) < 4.78 is 32.5. The van der Waals surface area contributed by atoms with E-state index in [1.807, 2.05) is 36.5 Å². The highest BCUT2D eigenvalue weighted by Crippen LogP contribution is 2.43. The third kappa shape index (κ3) is 37.0. The lowest BCUT2D eigenvalue weighted by atomic mass is 10.1. The van der Waals surface area contributed by atoms with Crippen LogP contribution in [0, 0.1) is 0 Å². The van der Waals surface area contributed by atoms with Crippen LogP contribution in [-0.4, -0.2) is 65.7 Å². The number of esters is 2. The molecular formula is C42H67O10P. The molecule has 0 heterocycles. The van der Waals surface area contributed by atoms with Gasteiger partial charge in [0.15, 0.2) is 6.10 Å². The first kappa shape index (κ1) is 49.9. The first-order valence-corrected chi connectivity index (χ1v) is 20.7. The fraction of sp³-hybridized carbons (Fsp3) is 0.571. The lowest BCUT2D eigenvalue weighted by Gasteiger charge is -2.20. The summed E-state index contributed by atoms with van der Waals surface area (Å²) in [6, 6.07) is 0. The molecule has 0 aliphatic carbocycles. The highest BCUT2D eigenvalue weighted by molar-refractivity contribution is 7.47. The van der Waals surface area contributed by atoms with E-state index in [9.17, 15) is 24.2 Å². The molecule has 0 aromatic carbocycles. The average molecular weight is 763 g/mol. The molecule has 0 saturated heterocycles. The number of phosphoric ester groups is 1. The summed E-state index contributed by atoms with van der Waals surface area (Å²) >= 11 is 0. The number of rotatable bonds is 34. The minimum Gasteiger partial charge on any atom is -0.462 e. The van der Waals surface area contributed by atoms with E-state index < -0.39 is 51.8 Å². The molecule has 0 aromatic rings. The highest BCUT2D eigenvalue weighted by Gasteiger charge is 2.27. The van der Waals surface area contributed by atoms with E-state index >= 15 is 0 Å². The normalized spacial score (nSPS) is 15.0. The van der Waals surface area contributed by atoms with Gasteiger partial charge in [-0.25, -0.2) is 4.57 Å². The Morgan fingerprint density at radius 3 is 1.74 bits per heavy atom. The van der Waals surface area contributed by atoms with Crippen LogP contribution in [0.4, 0.5) is 0 Å². The molecular weight excluding hydrogens is 695 g/mol. The maximum absolute atomic E-state index is 12.5. The minimum atomic E-state index is -4.64. The second-order valence-electron chi connectivity index (χ2n) is 12.3. The van der Waals surface area contributed by atoms with Gasteiger partial charge < -0.3 is 24.6 Å². The molecule has 3 atom stereocenters. The van der Waals surface area contributed by atoms with Crippen LogP contribution in [-0.2, 0) is 32.7 Å². The molecule has 0 saturated carbocycles. The van der Waals surface area contributed by atoms with Crippen LogP contribution in [0.2, 0.25) is 0 Å². The van der Waals surface area contributed by atoms with Gasteiger partial charge in [0.2, 0.25) is 0 Å². The predicted octanol–water partition coefficient (Wildman–Crippen LogP) is 9.66. The third-order valence-electron chi connectivity index (χ3n) is 7.33. The first-order valence-electron chi connectivity index (χ1n) is 19.2. The van der Waals surface area contributed by atoms with Crippen molar-refractivity contribution in [1.82, 2.24) is 0 Å². The van der Waals surface area contributed by atoms with Crippen molar-refractivity contribution in [2.75, 3.05) is 26.4 Å². The van der Waals surface area contributed by atoms with Crippen molar-refractivity contribution >= 4 is 19.8 Å². The van der Waals surface area contributed by atoms with Gasteiger partial charge in [-0.1, -0.05) is 130 Å². The molecule has 0 aliphatic rings. The van der Waals surface area contributed by atoms with Gasteiger partial charge in [-0.2, -0.15) is 0 Å². The number of aliphatic hydroxyl groups is 2. The predicted molar refractivity (Wildman–Crippen MR) is 214 cm³/mol. The Morgan fingerprint density at radius 1 is 0.585 bits per heavy atom. The second kappa shape index (κ2) is 37.2. The van der Waals surface area contributed by atoms with Crippen LogP contribution < -0.4 is 0 Å². The fourth-order valence-electron chi connectivity index (χ4n) is 4.40. The number of phosphoric acid groups is 1. The lowest BCUT2D eigenvalue weighted by molar-refractivity contribution is -0.161. The number of allylic oxidation sites excluding steroid dienone is 16. The number of hydrogen-bond donors (Lipinski definition) is 3. The molecule has 10 nitrogen and oxygen atoms in total. The van der Waals surface area contributed by atoms with Crippen molar-refractivity contribution in [3.63, 3.8) is 0 Å². The van der Waals surface area contributed by atoms with E-state index in [0.717, 1.165) is 77.0 Å². The standard InChI is InChI=1S/C42H67O10P/c1-3-5-7-9-11-13-15-17-19-21-23-25-27-29-31-33-41(45)49-37-40(38-51-53(47,48)50-36-39(44)35-43)52-42(46)34-32-30-28-26-24-22-20-18-16-14-12-10-8-6-4-2/h5-9,11-15,17-20,24,26,39-40,43-44H,3-4,10,16,21-23,25,27-38H2,1-2H3,(H,47,48)/b7-5+,8-6+,11-9+,14-12+,15-13+,19-17+,20-18+,26-24+/t39-,40+/m0/s1. The van der Waals surface area contributed by atoms with Gasteiger partial charge in [0, 0.05) is 12.8 Å². The Bertz CT molecular complexity index is 1200. The number of unbranched alkanes of at least 4 members (excludes halogenated alkanes) is 7.